The summed E-state index contributed by atoms with van der Waals surface area (Å²) in [6.45, 7) is 2.59. The quantitative estimate of drug-likeness (QED) is 0.844. The first-order valence-electron chi connectivity index (χ1n) is 6.09. The van der Waals surface area contributed by atoms with E-state index in [0.717, 1.165) is 24.0 Å². The highest BCUT2D eigenvalue weighted by atomic mass is 32.2. The van der Waals surface area contributed by atoms with Crippen molar-refractivity contribution in [2.45, 2.75) is 19.4 Å². The lowest BCUT2D eigenvalue weighted by Gasteiger charge is -2.24. The van der Waals surface area contributed by atoms with Crippen LogP contribution in [0.15, 0.2) is 12.1 Å². The summed E-state index contributed by atoms with van der Waals surface area (Å²) < 4.78 is 40.1. The van der Waals surface area contributed by atoms with Crippen LogP contribution in [0, 0.1) is 23.4 Å². The van der Waals surface area contributed by atoms with Crippen molar-refractivity contribution in [2.24, 2.45) is 5.92 Å². The molecule has 1 heterocycles. The van der Waals surface area contributed by atoms with Crippen LogP contribution >= 0.6 is 11.8 Å². The molecule has 1 saturated heterocycles. The molecule has 18 heavy (non-hydrogen) atoms. The van der Waals surface area contributed by atoms with Crippen LogP contribution in [0.1, 0.15) is 24.9 Å². The van der Waals surface area contributed by atoms with E-state index in [-0.39, 0.29) is 17.5 Å². The Labute approximate surface area is 109 Å². The van der Waals surface area contributed by atoms with Gasteiger partial charge in [-0.3, -0.25) is 0 Å². The second-order valence-corrected chi connectivity index (χ2v) is 5.57. The van der Waals surface area contributed by atoms with Gasteiger partial charge in [0.1, 0.15) is 0 Å². The Hall–Kier alpha value is -0.680. The largest absolute Gasteiger partial charge is 0.310 e. The third-order valence-electron chi connectivity index (χ3n) is 3.26. The molecule has 100 valence electrons. The van der Waals surface area contributed by atoms with E-state index in [0.29, 0.717) is 6.54 Å². The molecular weight excluding hydrogens is 259 g/mol. The first-order chi connectivity index (χ1) is 8.65. The summed E-state index contributed by atoms with van der Waals surface area (Å²) in [6.07, 6.45) is 0.973. The molecule has 2 rings (SSSR count). The molecule has 1 N–H and O–H groups in total. The van der Waals surface area contributed by atoms with Crippen molar-refractivity contribution >= 4 is 11.8 Å². The van der Waals surface area contributed by atoms with Crippen LogP contribution in [0.3, 0.4) is 0 Å². The smallest absolute Gasteiger partial charge is 0.194 e. The van der Waals surface area contributed by atoms with E-state index in [1.807, 2.05) is 18.7 Å². The summed E-state index contributed by atoms with van der Waals surface area (Å²) in [5, 5.41) is 3.19. The van der Waals surface area contributed by atoms with Gasteiger partial charge in [0.2, 0.25) is 0 Å². The van der Waals surface area contributed by atoms with E-state index < -0.39 is 17.5 Å². The number of nitrogens with one attached hydrogen (secondary N) is 1. The summed E-state index contributed by atoms with van der Waals surface area (Å²) in [7, 11) is 0. The molecule has 0 saturated carbocycles. The van der Waals surface area contributed by atoms with Gasteiger partial charge in [0, 0.05) is 11.6 Å². The number of thioether (sulfide) groups is 1. The Kier molecular flexibility index (Phi) is 4.56. The fourth-order valence-corrected chi connectivity index (χ4v) is 3.65. The van der Waals surface area contributed by atoms with Crippen LogP contribution in [-0.4, -0.2) is 18.1 Å². The van der Waals surface area contributed by atoms with Crippen LogP contribution in [0.2, 0.25) is 0 Å². The molecule has 0 aliphatic carbocycles. The van der Waals surface area contributed by atoms with Crippen molar-refractivity contribution in [3.05, 3.63) is 35.1 Å². The van der Waals surface area contributed by atoms with Crippen molar-refractivity contribution in [3.8, 4) is 0 Å². The predicted molar refractivity (Wildman–Crippen MR) is 68.2 cm³/mol. The van der Waals surface area contributed by atoms with Gasteiger partial charge in [-0.1, -0.05) is 13.0 Å². The van der Waals surface area contributed by atoms with E-state index in [9.17, 15) is 13.2 Å². The van der Waals surface area contributed by atoms with Crippen molar-refractivity contribution < 1.29 is 13.2 Å². The predicted octanol–water partition coefficient (Wildman–Crippen LogP) is 3.51. The van der Waals surface area contributed by atoms with E-state index in [4.69, 9.17) is 0 Å². The van der Waals surface area contributed by atoms with E-state index >= 15 is 0 Å². The summed E-state index contributed by atoms with van der Waals surface area (Å²) in [5.74, 6) is -1.32. The molecule has 1 nitrogen and oxygen atoms in total. The second-order valence-electron chi connectivity index (χ2n) is 4.42. The number of hydrogen-bond donors (Lipinski definition) is 1. The molecular formula is C13H16F3NS. The molecule has 1 aliphatic rings. The van der Waals surface area contributed by atoms with E-state index in [1.54, 1.807) is 0 Å². The summed E-state index contributed by atoms with van der Waals surface area (Å²) in [4.78, 5) is 0. The van der Waals surface area contributed by atoms with E-state index in [2.05, 4.69) is 5.32 Å². The zero-order chi connectivity index (χ0) is 13.1. The zero-order valence-corrected chi connectivity index (χ0v) is 11.0. The van der Waals surface area contributed by atoms with Crippen molar-refractivity contribution in [2.75, 3.05) is 18.1 Å². The number of halogens is 3. The summed E-state index contributed by atoms with van der Waals surface area (Å²) in [6, 6.07) is 2.12. The summed E-state index contributed by atoms with van der Waals surface area (Å²) in [5.41, 5.74) is 0.239. The standard InChI is InChI=1S/C13H16F3NS/c1-2-17-13(8-5-6-18-7-8)9-3-4-10(14)12(16)11(9)15/h3-4,8,13,17H,2,5-7H2,1H3. The fraction of sp³-hybridized carbons (Fsp3) is 0.538. The monoisotopic (exact) mass is 275 g/mol. The zero-order valence-electron chi connectivity index (χ0n) is 10.2. The Morgan fingerprint density at radius 3 is 2.72 bits per heavy atom. The van der Waals surface area contributed by atoms with Crippen LogP contribution < -0.4 is 5.32 Å². The van der Waals surface area contributed by atoms with Crippen LogP contribution in [0.4, 0.5) is 13.2 Å². The van der Waals surface area contributed by atoms with Crippen molar-refractivity contribution in [3.63, 3.8) is 0 Å². The van der Waals surface area contributed by atoms with Crippen molar-refractivity contribution in [1.82, 2.24) is 5.32 Å². The minimum absolute atomic E-state index is 0.236. The lowest BCUT2D eigenvalue weighted by atomic mass is 9.92. The fourth-order valence-electron chi connectivity index (χ4n) is 2.35. The highest BCUT2D eigenvalue weighted by molar-refractivity contribution is 7.99. The van der Waals surface area contributed by atoms with Gasteiger partial charge in [-0.15, -0.1) is 0 Å². The molecule has 0 bridgehead atoms. The van der Waals surface area contributed by atoms with Gasteiger partial charge < -0.3 is 5.32 Å². The molecule has 2 unspecified atom stereocenters. The number of hydrogen-bond acceptors (Lipinski definition) is 2. The van der Waals surface area contributed by atoms with Gasteiger partial charge in [-0.25, -0.2) is 13.2 Å². The highest BCUT2D eigenvalue weighted by Crippen LogP contribution is 2.35. The molecule has 5 heteroatoms. The Bertz CT molecular complexity index is 419. The molecule has 1 aromatic carbocycles. The number of rotatable bonds is 4. The lowest BCUT2D eigenvalue weighted by molar-refractivity contribution is 0.371. The van der Waals surface area contributed by atoms with Gasteiger partial charge in [-0.2, -0.15) is 11.8 Å². The first kappa shape index (κ1) is 13.7. The summed E-state index contributed by atoms with van der Waals surface area (Å²) >= 11 is 1.81. The van der Waals surface area contributed by atoms with Crippen LogP contribution in [0.5, 0.6) is 0 Å². The third kappa shape index (κ3) is 2.67. The average Bonchev–Trinajstić information content (AvgIpc) is 2.88. The topological polar surface area (TPSA) is 12.0 Å². The third-order valence-corrected chi connectivity index (χ3v) is 4.45. The second kappa shape index (κ2) is 5.97. The molecule has 1 fully saturated rings. The maximum atomic E-state index is 13.8. The maximum absolute atomic E-state index is 13.8. The maximum Gasteiger partial charge on any atom is 0.194 e. The van der Waals surface area contributed by atoms with Gasteiger partial charge in [0.15, 0.2) is 17.5 Å². The molecule has 1 aromatic rings. The number of benzene rings is 1. The van der Waals surface area contributed by atoms with Gasteiger partial charge in [-0.05, 0) is 36.5 Å². The molecule has 0 amide bonds. The van der Waals surface area contributed by atoms with Crippen LogP contribution in [0.25, 0.3) is 0 Å². The molecule has 0 aromatic heterocycles. The SMILES string of the molecule is CCNC(c1ccc(F)c(F)c1F)C1CCSC1. The Balaban J connectivity index is 2.32. The molecule has 0 spiro atoms. The van der Waals surface area contributed by atoms with Gasteiger partial charge in [0.25, 0.3) is 0 Å². The van der Waals surface area contributed by atoms with Crippen molar-refractivity contribution in [1.29, 1.82) is 0 Å². The molecule has 2 atom stereocenters. The Morgan fingerprint density at radius 2 is 2.11 bits per heavy atom. The normalized spacial score (nSPS) is 21.2. The first-order valence-corrected chi connectivity index (χ1v) is 7.25. The van der Waals surface area contributed by atoms with Crippen LogP contribution in [-0.2, 0) is 0 Å². The minimum Gasteiger partial charge on any atom is -0.310 e. The van der Waals surface area contributed by atoms with Gasteiger partial charge >= 0.3 is 0 Å². The highest BCUT2D eigenvalue weighted by Gasteiger charge is 2.29. The van der Waals surface area contributed by atoms with Gasteiger partial charge in [0.05, 0.1) is 0 Å². The lowest BCUT2D eigenvalue weighted by Crippen LogP contribution is -2.29. The molecule has 0 radical (unpaired) electrons. The molecule has 1 aliphatic heterocycles. The minimum atomic E-state index is -1.37. The van der Waals surface area contributed by atoms with E-state index in [1.165, 1.54) is 6.07 Å². The average molecular weight is 275 g/mol. The Morgan fingerprint density at radius 1 is 1.33 bits per heavy atom.